The summed E-state index contributed by atoms with van der Waals surface area (Å²) < 4.78 is 49.7. The number of amides is 1. The van der Waals surface area contributed by atoms with E-state index in [-0.39, 0.29) is 22.8 Å². The van der Waals surface area contributed by atoms with E-state index in [9.17, 15) is 17.6 Å². The number of ether oxygens (including phenoxy) is 2. The van der Waals surface area contributed by atoms with E-state index in [0.717, 1.165) is 30.7 Å². The fourth-order valence-corrected chi connectivity index (χ4v) is 4.78. The molecule has 1 aromatic carbocycles. The third kappa shape index (κ3) is 5.24. The van der Waals surface area contributed by atoms with E-state index in [4.69, 9.17) is 9.47 Å². The number of halogens is 1. The Balaban J connectivity index is 1.42. The quantitative estimate of drug-likeness (QED) is 0.542. The molecule has 0 N–H and O–H groups in total. The van der Waals surface area contributed by atoms with Gasteiger partial charge in [0.15, 0.2) is 9.84 Å². The SMILES string of the molecule is CCCCOC(=O)N1CCC(Oc2ncnc3c2CCN3c2ccc(S(C)(=O)=O)cc2F)CC1. The number of rotatable bonds is 7. The normalized spacial score (nSPS) is 16.4. The van der Waals surface area contributed by atoms with Gasteiger partial charge in [-0.05, 0) is 31.0 Å². The summed E-state index contributed by atoms with van der Waals surface area (Å²) in [6.07, 6.45) is 5.77. The molecule has 2 aromatic rings. The molecule has 1 fully saturated rings. The van der Waals surface area contributed by atoms with E-state index >= 15 is 0 Å². The van der Waals surface area contributed by atoms with Crippen molar-refractivity contribution >= 4 is 27.4 Å². The van der Waals surface area contributed by atoms with Gasteiger partial charge >= 0.3 is 6.09 Å². The van der Waals surface area contributed by atoms with Crippen molar-refractivity contribution in [2.45, 2.75) is 50.0 Å². The molecule has 184 valence electrons. The molecule has 2 aliphatic heterocycles. The Labute approximate surface area is 198 Å². The Morgan fingerprint density at radius 3 is 2.65 bits per heavy atom. The molecule has 1 aromatic heterocycles. The highest BCUT2D eigenvalue weighted by Crippen LogP contribution is 2.38. The third-order valence-corrected chi connectivity index (χ3v) is 7.17. The topological polar surface area (TPSA) is 102 Å². The van der Waals surface area contributed by atoms with Crippen molar-refractivity contribution in [2.24, 2.45) is 0 Å². The van der Waals surface area contributed by atoms with Gasteiger partial charge in [0, 0.05) is 38.7 Å². The molecule has 0 spiro atoms. The molecule has 1 saturated heterocycles. The second-order valence-electron chi connectivity index (χ2n) is 8.54. The van der Waals surface area contributed by atoms with Crippen molar-refractivity contribution in [3.05, 3.63) is 35.9 Å². The van der Waals surface area contributed by atoms with Gasteiger partial charge in [-0.15, -0.1) is 0 Å². The maximum absolute atomic E-state index is 14.8. The van der Waals surface area contributed by atoms with Crippen LogP contribution in [-0.4, -0.2) is 68.0 Å². The number of carbonyl (C=O) groups is 1. The first kappa shape index (κ1) is 24.2. The highest BCUT2D eigenvalue weighted by molar-refractivity contribution is 7.90. The second-order valence-corrected chi connectivity index (χ2v) is 10.6. The number of fused-ring (bicyclic) bond motifs is 1. The van der Waals surface area contributed by atoms with Gasteiger partial charge in [0.1, 0.15) is 24.1 Å². The Morgan fingerprint density at radius 1 is 1.21 bits per heavy atom. The maximum atomic E-state index is 14.8. The molecule has 1 amide bonds. The number of nitrogens with zero attached hydrogens (tertiary/aromatic N) is 4. The highest BCUT2D eigenvalue weighted by atomic mass is 32.2. The standard InChI is InChI=1S/C23H29FN4O5S/c1-3-4-13-32-23(29)27-10-7-16(8-11-27)33-22-18-9-12-28(21(18)25-15-26-22)20-6-5-17(14-19(20)24)34(2,30)31/h5-6,14-16H,3-4,7-13H2,1-2H3. The van der Waals surface area contributed by atoms with Gasteiger partial charge in [0.05, 0.1) is 22.8 Å². The van der Waals surface area contributed by atoms with Crippen LogP contribution in [-0.2, 0) is 21.0 Å². The smallest absolute Gasteiger partial charge is 0.409 e. The van der Waals surface area contributed by atoms with Crippen molar-refractivity contribution in [3.8, 4) is 5.88 Å². The van der Waals surface area contributed by atoms with Gasteiger partial charge in [-0.25, -0.2) is 27.6 Å². The number of likely N-dealkylation sites (tertiary alicyclic amines) is 1. The second kappa shape index (κ2) is 10.1. The van der Waals surface area contributed by atoms with Crippen molar-refractivity contribution in [2.75, 3.05) is 37.4 Å². The van der Waals surface area contributed by atoms with Gasteiger partial charge < -0.3 is 19.3 Å². The predicted molar refractivity (Wildman–Crippen MR) is 124 cm³/mol. The number of hydrogen-bond donors (Lipinski definition) is 0. The average Bonchev–Trinajstić information content (AvgIpc) is 3.24. The molecule has 0 unspecified atom stereocenters. The minimum atomic E-state index is -3.50. The van der Waals surface area contributed by atoms with Gasteiger partial charge in [-0.2, -0.15) is 0 Å². The molecule has 0 aliphatic carbocycles. The number of sulfone groups is 1. The minimum Gasteiger partial charge on any atom is -0.474 e. The molecule has 3 heterocycles. The van der Waals surface area contributed by atoms with E-state index in [1.807, 2.05) is 6.92 Å². The number of hydrogen-bond acceptors (Lipinski definition) is 8. The minimum absolute atomic E-state index is 0.0690. The lowest BCUT2D eigenvalue weighted by molar-refractivity contribution is 0.0653. The summed E-state index contributed by atoms with van der Waals surface area (Å²) in [6.45, 7) is 4.05. The number of unbranched alkanes of at least 4 members (excludes halogenated alkanes) is 1. The molecule has 0 radical (unpaired) electrons. The summed E-state index contributed by atoms with van der Waals surface area (Å²) in [5.41, 5.74) is 1.04. The molecular formula is C23H29FN4O5S. The molecule has 2 aliphatic rings. The highest BCUT2D eigenvalue weighted by Gasteiger charge is 2.31. The molecule has 34 heavy (non-hydrogen) atoms. The first-order valence-corrected chi connectivity index (χ1v) is 13.4. The lowest BCUT2D eigenvalue weighted by Gasteiger charge is -2.31. The van der Waals surface area contributed by atoms with Crippen LogP contribution in [0.1, 0.15) is 38.2 Å². The number of benzene rings is 1. The van der Waals surface area contributed by atoms with Crippen LogP contribution in [0.15, 0.2) is 29.4 Å². The van der Waals surface area contributed by atoms with Gasteiger partial charge in [0.2, 0.25) is 5.88 Å². The summed E-state index contributed by atoms with van der Waals surface area (Å²) in [5, 5.41) is 0. The lowest BCUT2D eigenvalue weighted by Crippen LogP contribution is -2.42. The van der Waals surface area contributed by atoms with Crippen LogP contribution in [0, 0.1) is 5.82 Å². The Bertz CT molecular complexity index is 1150. The van der Waals surface area contributed by atoms with Crippen LogP contribution in [0.2, 0.25) is 0 Å². The van der Waals surface area contributed by atoms with Crippen LogP contribution >= 0.6 is 0 Å². The van der Waals surface area contributed by atoms with E-state index in [1.165, 1.54) is 18.5 Å². The van der Waals surface area contributed by atoms with Crippen LogP contribution in [0.3, 0.4) is 0 Å². The fraction of sp³-hybridized carbons (Fsp3) is 0.522. The number of anilines is 2. The molecule has 0 bridgehead atoms. The molecule has 9 nitrogen and oxygen atoms in total. The zero-order valence-corrected chi connectivity index (χ0v) is 20.2. The first-order chi connectivity index (χ1) is 16.3. The predicted octanol–water partition coefficient (Wildman–Crippen LogP) is 3.49. The monoisotopic (exact) mass is 492 g/mol. The lowest BCUT2D eigenvalue weighted by atomic mass is 10.1. The zero-order valence-electron chi connectivity index (χ0n) is 19.4. The fourth-order valence-electron chi connectivity index (χ4n) is 4.15. The first-order valence-electron chi connectivity index (χ1n) is 11.5. The molecule has 0 atom stereocenters. The van der Waals surface area contributed by atoms with Crippen LogP contribution in [0.4, 0.5) is 20.7 Å². The van der Waals surface area contributed by atoms with Crippen LogP contribution < -0.4 is 9.64 Å². The molecule has 11 heteroatoms. The number of aromatic nitrogens is 2. The van der Waals surface area contributed by atoms with E-state index < -0.39 is 15.7 Å². The Morgan fingerprint density at radius 2 is 1.97 bits per heavy atom. The van der Waals surface area contributed by atoms with E-state index in [1.54, 1.807) is 9.80 Å². The Kier molecular flexibility index (Phi) is 7.20. The summed E-state index contributed by atoms with van der Waals surface area (Å²) in [7, 11) is -3.50. The summed E-state index contributed by atoms with van der Waals surface area (Å²) in [4.78, 5) is 24.1. The molecule has 4 rings (SSSR count). The largest absolute Gasteiger partial charge is 0.474 e. The van der Waals surface area contributed by atoms with Gasteiger partial charge in [-0.3, -0.25) is 0 Å². The van der Waals surface area contributed by atoms with Gasteiger partial charge in [-0.1, -0.05) is 13.3 Å². The van der Waals surface area contributed by atoms with Crippen molar-refractivity contribution in [3.63, 3.8) is 0 Å². The van der Waals surface area contributed by atoms with Crippen molar-refractivity contribution in [1.29, 1.82) is 0 Å². The van der Waals surface area contributed by atoms with Gasteiger partial charge in [0.25, 0.3) is 0 Å². The number of carbonyl (C=O) groups excluding carboxylic acids is 1. The molecule has 0 saturated carbocycles. The summed E-state index contributed by atoms with van der Waals surface area (Å²) >= 11 is 0. The number of piperidine rings is 1. The zero-order chi connectivity index (χ0) is 24.3. The van der Waals surface area contributed by atoms with Crippen LogP contribution in [0.25, 0.3) is 0 Å². The average molecular weight is 493 g/mol. The van der Waals surface area contributed by atoms with E-state index in [2.05, 4.69) is 9.97 Å². The molecular weight excluding hydrogens is 463 g/mol. The maximum Gasteiger partial charge on any atom is 0.409 e. The van der Waals surface area contributed by atoms with Crippen LogP contribution in [0.5, 0.6) is 5.88 Å². The van der Waals surface area contributed by atoms with Crippen molar-refractivity contribution in [1.82, 2.24) is 14.9 Å². The third-order valence-electron chi connectivity index (χ3n) is 6.06. The van der Waals surface area contributed by atoms with Crippen molar-refractivity contribution < 1.29 is 27.1 Å². The summed E-state index contributed by atoms with van der Waals surface area (Å²) in [5.74, 6) is 0.382. The Hall–Kier alpha value is -2.95. The summed E-state index contributed by atoms with van der Waals surface area (Å²) in [6, 6.07) is 3.88. The van der Waals surface area contributed by atoms with E-state index in [0.29, 0.717) is 57.2 Å².